The largest absolute Gasteiger partial charge is 0.372 e. The third-order valence-corrected chi connectivity index (χ3v) is 3.57. The van der Waals surface area contributed by atoms with E-state index in [1.165, 1.54) is 0 Å². The van der Waals surface area contributed by atoms with Crippen LogP contribution in [0.15, 0.2) is 18.2 Å². The molecule has 0 radical (unpaired) electrons. The second kappa shape index (κ2) is 5.37. The van der Waals surface area contributed by atoms with Gasteiger partial charge in [-0.1, -0.05) is 23.2 Å². The Balaban J connectivity index is 1.96. The second-order valence-corrected chi connectivity index (χ2v) is 5.02. The van der Waals surface area contributed by atoms with Crippen molar-refractivity contribution in [1.82, 2.24) is 0 Å². The smallest absolute Gasteiger partial charge is 0.0736 e. The van der Waals surface area contributed by atoms with Crippen molar-refractivity contribution in [2.24, 2.45) is 5.73 Å². The van der Waals surface area contributed by atoms with Crippen molar-refractivity contribution in [1.29, 1.82) is 0 Å². The van der Waals surface area contributed by atoms with Crippen molar-refractivity contribution in [3.8, 4) is 0 Å². The molecule has 0 saturated heterocycles. The van der Waals surface area contributed by atoms with Gasteiger partial charge in [0.05, 0.1) is 12.7 Å². The Morgan fingerprint density at radius 1 is 1.31 bits per heavy atom. The zero-order valence-corrected chi connectivity index (χ0v) is 10.5. The van der Waals surface area contributed by atoms with Gasteiger partial charge in [-0.25, -0.2) is 0 Å². The first-order chi connectivity index (χ1) is 7.66. The Kier molecular flexibility index (Phi) is 4.09. The summed E-state index contributed by atoms with van der Waals surface area (Å²) in [6.45, 7) is 0.484. The molecular formula is C12H15Cl2NO. The molecule has 1 aromatic rings. The highest BCUT2D eigenvalue weighted by Gasteiger charge is 2.24. The summed E-state index contributed by atoms with van der Waals surface area (Å²) in [5, 5.41) is 1.37. The summed E-state index contributed by atoms with van der Waals surface area (Å²) in [4.78, 5) is 0. The third kappa shape index (κ3) is 2.89. The lowest BCUT2D eigenvalue weighted by molar-refractivity contribution is 0.0358. The Morgan fingerprint density at radius 2 is 2.12 bits per heavy atom. The summed E-state index contributed by atoms with van der Waals surface area (Å²) in [7, 11) is 0. The number of rotatable bonds is 3. The molecule has 2 N–H and O–H groups in total. The van der Waals surface area contributed by atoms with E-state index >= 15 is 0 Å². The van der Waals surface area contributed by atoms with Crippen molar-refractivity contribution < 1.29 is 4.74 Å². The van der Waals surface area contributed by atoms with E-state index < -0.39 is 0 Å². The number of ether oxygens (including phenoxy) is 1. The van der Waals surface area contributed by atoms with E-state index in [0.29, 0.717) is 16.7 Å². The molecule has 1 aliphatic carbocycles. The van der Waals surface area contributed by atoms with Gasteiger partial charge in [0, 0.05) is 16.1 Å². The zero-order valence-electron chi connectivity index (χ0n) is 8.96. The quantitative estimate of drug-likeness (QED) is 0.904. The fourth-order valence-electron chi connectivity index (χ4n) is 2.01. The van der Waals surface area contributed by atoms with Crippen LogP contribution >= 0.6 is 23.2 Å². The Bertz CT molecular complexity index is 370. The van der Waals surface area contributed by atoms with Crippen molar-refractivity contribution >= 4 is 23.2 Å². The first-order valence-corrected chi connectivity index (χ1v) is 6.23. The summed E-state index contributed by atoms with van der Waals surface area (Å²) in [6, 6.07) is 5.56. The lowest BCUT2D eigenvalue weighted by Gasteiger charge is -2.16. The molecule has 0 aliphatic heterocycles. The van der Waals surface area contributed by atoms with Crippen molar-refractivity contribution in [3.05, 3.63) is 33.8 Å². The van der Waals surface area contributed by atoms with Gasteiger partial charge in [-0.3, -0.25) is 0 Å². The number of hydrogen-bond acceptors (Lipinski definition) is 2. The Labute approximate surface area is 106 Å². The van der Waals surface area contributed by atoms with Gasteiger partial charge in [0.2, 0.25) is 0 Å². The predicted molar refractivity (Wildman–Crippen MR) is 66.9 cm³/mol. The van der Waals surface area contributed by atoms with Crippen LogP contribution in [0.3, 0.4) is 0 Å². The highest BCUT2D eigenvalue weighted by atomic mass is 35.5. The van der Waals surface area contributed by atoms with E-state index in [2.05, 4.69) is 0 Å². The van der Waals surface area contributed by atoms with Crippen LogP contribution in [0.5, 0.6) is 0 Å². The number of hydrogen-bond donors (Lipinski definition) is 1. The molecule has 0 amide bonds. The molecule has 0 spiro atoms. The van der Waals surface area contributed by atoms with E-state index in [9.17, 15) is 0 Å². The van der Waals surface area contributed by atoms with E-state index in [4.69, 9.17) is 33.7 Å². The molecule has 2 rings (SSSR count). The van der Waals surface area contributed by atoms with Crippen molar-refractivity contribution in [3.63, 3.8) is 0 Å². The lowest BCUT2D eigenvalue weighted by Crippen LogP contribution is -2.31. The number of nitrogens with two attached hydrogens (primary N) is 1. The molecule has 2 unspecified atom stereocenters. The number of halogens is 2. The molecule has 0 heterocycles. The fraction of sp³-hybridized carbons (Fsp3) is 0.500. The summed E-state index contributed by atoms with van der Waals surface area (Å²) in [6.07, 6.45) is 3.40. The summed E-state index contributed by atoms with van der Waals surface area (Å²) in [5.74, 6) is 0. The topological polar surface area (TPSA) is 35.2 Å². The molecule has 1 aliphatic rings. The van der Waals surface area contributed by atoms with Crippen LogP contribution in [0.1, 0.15) is 24.8 Å². The van der Waals surface area contributed by atoms with E-state index in [0.717, 1.165) is 24.8 Å². The second-order valence-electron chi connectivity index (χ2n) is 4.18. The van der Waals surface area contributed by atoms with Gasteiger partial charge in [0.15, 0.2) is 0 Å². The molecular weight excluding hydrogens is 245 g/mol. The Morgan fingerprint density at radius 3 is 2.81 bits per heavy atom. The van der Waals surface area contributed by atoms with Crippen LogP contribution in [0.4, 0.5) is 0 Å². The first-order valence-electron chi connectivity index (χ1n) is 5.48. The van der Waals surface area contributed by atoms with Gasteiger partial charge in [-0.2, -0.15) is 0 Å². The average Bonchev–Trinajstić information content (AvgIpc) is 2.66. The fourth-order valence-corrected chi connectivity index (χ4v) is 2.38. The summed E-state index contributed by atoms with van der Waals surface area (Å²) < 4.78 is 5.77. The van der Waals surface area contributed by atoms with Gasteiger partial charge < -0.3 is 10.5 Å². The highest BCUT2D eigenvalue weighted by molar-refractivity contribution is 6.33. The van der Waals surface area contributed by atoms with Crippen LogP contribution in [0.25, 0.3) is 0 Å². The molecule has 1 fully saturated rings. The predicted octanol–water partition coefficient (Wildman–Crippen LogP) is 3.39. The average molecular weight is 260 g/mol. The van der Waals surface area contributed by atoms with Crippen LogP contribution in [-0.2, 0) is 11.3 Å². The zero-order chi connectivity index (χ0) is 11.5. The van der Waals surface area contributed by atoms with Crippen LogP contribution in [-0.4, -0.2) is 12.1 Å². The van der Waals surface area contributed by atoms with Gasteiger partial charge in [0.1, 0.15) is 0 Å². The Hall–Kier alpha value is -0.280. The normalized spacial score (nSPS) is 24.9. The van der Waals surface area contributed by atoms with Gasteiger partial charge in [0.25, 0.3) is 0 Å². The van der Waals surface area contributed by atoms with E-state index in [1.807, 2.05) is 6.07 Å². The SMILES string of the molecule is NC1CCCC1OCc1cc(Cl)ccc1Cl. The maximum absolute atomic E-state index is 6.05. The minimum Gasteiger partial charge on any atom is -0.372 e. The third-order valence-electron chi connectivity index (χ3n) is 2.96. The molecule has 0 bridgehead atoms. The molecule has 4 heteroatoms. The standard InChI is InChI=1S/C12H15Cl2NO/c13-9-4-5-10(14)8(6-9)7-16-12-3-1-2-11(12)15/h4-6,11-12H,1-3,7,15H2. The summed E-state index contributed by atoms with van der Waals surface area (Å²) >= 11 is 12.0. The minimum atomic E-state index is 0.162. The first kappa shape index (κ1) is 12.2. The highest BCUT2D eigenvalue weighted by Crippen LogP contribution is 2.25. The monoisotopic (exact) mass is 259 g/mol. The van der Waals surface area contributed by atoms with Crippen LogP contribution in [0, 0.1) is 0 Å². The van der Waals surface area contributed by atoms with Crippen LogP contribution in [0.2, 0.25) is 10.0 Å². The van der Waals surface area contributed by atoms with E-state index in [1.54, 1.807) is 12.1 Å². The van der Waals surface area contributed by atoms with E-state index in [-0.39, 0.29) is 12.1 Å². The van der Waals surface area contributed by atoms with Gasteiger partial charge >= 0.3 is 0 Å². The maximum atomic E-state index is 6.05. The maximum Gasteiger partial charge on any atom is 0.0736 e. The van der Waals surface area contributed by atoms with Gasteiger partial charge in [-0.15, -0.1) is 0 Å². The molecule has 1 aromatic carbocycles. The minimum absolute atomic E-state index is 0.162. The van der Waals surface area contributed by atoms with Gasteiger partial charge in [-0.05, 0) is 43.0 Å². The lowest BCUT2D eigenvalue weighted by atomic mass is 10.2. The molecule has 88 valence electrons. The summed E-state index contributed by atoms with van der Waals surface area (Å²) in [5.41, 5.74) is 6.85. The number of benzene rings is 1. The molecule has 2 atom stereocenters. The van der Waals surface area contributed by atoms with Crippen LogP contribution < -0.4 is 5.73 Å². The van der Waals surface area contributed by atoms with Crippen molar-refractivity contribution in [2.45, 2.75) is 38.0 Å². The molecule has 0 aromatic heterocycles. The van der Waals surface area contributed by atoms with Crippen molar-refractivity contribution in [2.75, 3.05) is 0 Å². The molecule has 2 nitrogen and oxygen atoms in total. The molecule has 16 heavy (non-hydrogen) atoms. The molecule has 1 saturated carbocycles.